The normalized spacial score (nSPS) is 10.7. The Kier molecular flexibility index (Phi) is 4.37. The van der Waals surface area contributed by atoms with E-state index in [2.05, 4.69) is 31.2 Å². The number of nitrogens with zero attached hydrogens (tertiary/aromatic N) is 2. The second-order valence-corrected chi connectivity index (χ2v) is 6.12. The van der Waals surface area contributed by atoms with Crippen molar-refractivity contribution in [1.82, 2.24) is 4.98 Å². The summed E-state index contributed by atoms with van der Waals surface area (Å²) in [5.74, 6) is 0. The lowest BCUT2D eigenvalue weighted by Gasteiger charge is -2.21. The predicted octanol–water partition coefficient (Wildman–Crippen LogP) is 3.34. The van der Waals surface area contributed by atoms with Gasteiger partial charge in [-0.05, 0) is 25.1 Å². The van der Waals surface area contributed by atoms with E-state index in [0.717, 1.165) is 33.0 Å². The lowest BCUT2D eigenvalue weighted by molar-refractivity contribution is 0.282. The van der Waals surface area contributed by atoms with Crippen molar-refractivity contribution < 1.29 is 5.11 Å². The van der Waals surface area contributed by atoms with Crippen molar-refractivity contribution in [3.63, 3.8) is 0 Å². The molecule has 0 bridgehead atoms. The molecule has 1 N–H and O–H groups in total. The van der Waals surface area contributed by atoms with Crippen LogP contribution < -0.4 is 4.90 Å². The van der Waals surface area contributed by atoms with Crippen molar-refractivity contribution in [1.29, 1.82) is 0 Å². The van der Waals surface area contributed by atoms with Crippen molar-refractivity contribution in [3.8, 4) is 0 Å². The summed E-state index contributed by atoms with van der Waals surface area (Å²) in [7, 11) is 2.01. The molecule has 0 aliphatic heterocycles. The Balaban J connectivity index is 2.20. The van der Waals surface area contributed by atoms with Gasteiger partial charge in [0.25, 0.3) is 0 Å². The van der Waals surface area contributed by atoms with Crippen molar-refractivity contribution in [2.75, 3.05) is 11.9 Å². The van der Waals surface area contributed by atoms with E-state index in [0.29, 0.717) is 0 Å². The monoisotopic (exact) mass is 326 g/mol. The molecule has 18 heavy (non-hydrogen) atoms. The highest BCUT2D eigenvalue weighted by Gasteiger charge is 2.09. The molecule has 0 unspecified atom stereocenters. The van der Waals surface area contributed by atoms with Gasteiger partial charge in [-0.25, -0.2) is 4.98 Å². The number of thiazole rings is 1. The van der Waals surface area contributed by atoms with Crippen LogP contribution in [0.5, 0.6) is 0 Å². The van der Waals surface area contributed by atoms with Crippen molar-refractivity contribution in [3.05, 3.63) is 44.3 Å². The quantitative estimate of drug-likeness (QED) is 0.936. The highest BCUT2D eigenvalue weighted by atomic mass is 79.9. The minimum atomic E-state index is 0.0369. The molecule has 1 aromatic carbocycles. The third kappa shape index (κ3) is 3.10. The number of aliphatic hydroxyl groups excluding tert-OH is 1. The second kappa shape index (κ2) is 5.82. The third-order valence-corrected chi connectivity index (χ3v) is 4.00. The van der Waals surface area contributed by atoms with Crippen LogP contribution in [0, 0.1) is 6.92 Å². The number of hydrogen-bond donors (Lipinski definition) is 1. The van der Waals surface area contributed by atoms with Crippen LogP contribution in [0.4, 0.5) is 5.69 Å². The summed E-state index contributed by atoms with van der Waals surface area (Å²) in [4.78, 5) is 6.56. The molecule has 1 heterocycles. The van der Waals surface area contributed by atoms with Crippen LogP contribution >= 0.6 is 27.3 Å². The van der Waals surface area contributed by atoms with Crippen LogP contribution in [-0.2, 0) is 13.2 Å². The van der Waals surface area contributed by atoms with Crippen LogP contribution in [0.3, 0.4) is 0 Å². The maximum atomic E-state index is 9.40. The molecule has 96 valence electrons. The Hall–Kier alpha value is -0.910. The van der Waals surface area contributed by atoms with E-state index in [4.69, 9.17) is 0 Å². The molecule has 0 atom stereocenters. The molecule has 2 rings (SSSR count). The fourth-order valence-electron chi connectivity index (χ4n) is 1.86. The molecule has 0 saturated heterocycles. The van der Waals surface area contributed by atoms with Gasteiger partial charge in [0.1, 0.15) is 0 Å². The number of anilines is 1. The van der Waals surface area contributed by atoms with E-state index < -0.39 is 0 Å². The number of aryl methyl sites for hydroxylation is 1. The molecule has 0 aliphatic carbocycles. The fourth-order valence-corrected chi connectivity index (χ4v) is 2.87. The number of aromatic nitrogens is 1. The standard InChI is InChI=1S/C13H15BrN2OS/c1-9-15-12(8-18-9)6-16(2)13-4-3-11(14)5-10(13)7-17/h3-5,8,17H,6-7H2,1-2H3. The van der Waals surface area contributed by atoms with Crippen LogP contribution in [0.2, 0.25) is 0 Å². The SMILES string of the molecule is Cc1nc(CN(C)c2ccc(Br)cc2CO)cs1. The lowest BCUT2D eigenvalue weighted by Crippen LogP contribution is -2.18. The number of aliphatic hydroxyl groups is 1. The minimum absolute atomic E-state index is 0.0369. The smallest absolute Gasteiger partial charge is 0.0898 e. The molecule has 0 amide bonds. The number of rotatable bonds is 4. The van der Waals surface area contributed by atoms with E-state index in [-0.39, 0.29) is 6.61 Å². The van der Waals surface area contributed by atoms with Crippen LogP contribution in [-0.4, -0.2) is 17.1 Å². The summed E-state index contributed by atoms with van der Waals surface area (Å²) >= 11 is 5.08. The Morgan fingerprint density at radius 3 is 2.83 bits per heavy atom. The molecule has 3 nitrogen and oxygen atoms in total. The number of hydrogen-bond acceptors (Lipinski definition) is 4. The molecular weight excluding hydrogens is 312 g/mol. The molecule has 1 aromatic heterocycles. The highest BCUT2D eigenvalue weighted by molar-refractivity contribution is 9.10. The number of halogens is 1. The maximum Gasteiger partial charge on any atom is 0.0898 e. The molecule has 2 aromatic rings. The van der Waals surface area contributed by atoms with Gasteiger partial charge in [0.05, 0.1) is 23.9 Å². The lowest BCUT2D eigenvalue weighted by atomic mass is 10.1. The van der Waals surface area contributed by atoms with Crippen LogP contribution in [0.1, 0.15) is 16.3 Å². The zero-order valence-corrected chi connectivity index (χ0v) is 12.8. The van der Waals surface area contributed by atoms with Crippen molar-refractivity contribution in [2.45, 2.75) is 20.1 Å². The molecule has 0 spiro atoms. The molecule has 0 saturated carbocycles. The largest absolute Gasteiger partial charge is 0.392 e. The third-order valence-electron chi connectivity index (χ3n) is 2.69. The fraction of sp³-hybridized carbons (Fsp3) is 0.308. The van der Waals surface area contributed by atoms with Crippen LogP contribution in [0.25, 0.3) is 0 Å². The Labute approximate surface area is 119 Å². The van der Waals surface area contributed by atoms with Gasteiger partial charge in [0, 0.05) is 28.2 Å². The maximum absolute atomic E-state index is 9.40. The molecule has 0 aliphatic rings. The molecule has 5 heteroatoms. The predicted molar refractivity (Wildman–Crippen MR) is 79.0 cm³/mol. The molecule has 0 fully saturated rings. The van der Waals surface area contributed by atoms with Crippen molar-refractivity contribution in [2.24, 2.45) is 0 Å². The Morgan fingerprint density at radius 2 is 2.22 bits per heavy atom. The van der Waals surface area contributed by atoms with Gasteiger partial charge in [0.2, 0.25) is 0 Å². The van der Waals surface area contributed by atoms with Gasteiger partial charge in [-0.2, -0.15) is 0 Å². The Bertz CT molecular complexity index is 542. The zero-order valence-electron chi connectivity index (χ0n) is 10.4. The van der Waals surface area contributed by atoms with Crippen LogP contribution in [0.15, 0.2) is 28.1 Å². The minimum Gasteiger partial charge on any atom is -0.392 e. The second-order valence-electron chi connectivity index (χ2n) is 4.15. The van der Waals surface area contributed by atoms with Gasteiger partial charge in [-0.1, -0.05) is 15.9 Å². The number of benzene rings is 1. The summed E-state index contributed by atoms with van der Waals surface area (Å²) in [5, 5.41) is 12.6. The van der Waals surface area contributed by atoms with Crippen molar-refractivity contribution >= 4 is 33.0 Å². The first-order chi connectivity index (χ1) is 8.60. The summed E-state index contributed by atoms with van der Waals surface area (Å²) < 4.78 is 0.980. The van der Waals surface area contributed by atoms with E-state index in [1.807, 2.05) is 32.2 Å². The first-order valence-electron chi connectivity index (χ1n) is 5.61. The topological polar surface area (TPSA) is 36.4 Å². The average Bonchev–Trinajstić information content (AvgIpc) is 2.74. The summed E-state index contributed by atoms with van der Waals surface area (Å²) in [6.45, 7) is 2.79. The van der Waals surface area contributed by atoms with Gasteiger partial charge in [-0.15, -0.1) is 11.3 Å². The molecule has 0 radical (unpaired) electrons. The molecular formula is C13H15BrN2OS. The van der Waals surface area contributed by atoms with E-state index in [9.17, 15) is 5.11 Å². The average molecular weight is 327 g/mol. The summed E-state index contributed by atoms with van der Waals surface area (Å²) in [6, 6.07) is 5.93. The first kappa shape index (κ1) is 13.5. The highest BCUT2D eigenvalue weighted by Crippen LogP contribution is 2.25. The van der Waals surface area contributed by atoms with E-state index >= 15 is 0 Å². The van der Waals surface area contributed by atoms with Gasteiger partial charge in [0.15, 0.2) is 0 Å². The van der Waals surface area contributed by atoms with E-state index in [1.54, 1.807) is 11.3 Å². The van der Waals surface area contributed by atoms with Gasteiger partial charge in [-0.3, -0.25) is 0 Å². The van der Waals surface area contributed by atoms with E-state index in [1.165, 1.54) is 0 Å². The summed E-state index contributed by atoms with van der Waals surface area (Å²) in [6.07, 6.45) is 0. The van der Waals surface area contributed by atoms with Gasteiger partial charge < -0.3 is 10.0 Å². The Morgan fingerprint density at radius 1 is 1.44 bits per heavy atom. The van der Waals surface area contributed by atoms with Gasteiger partial charge >= 0.3 is 0 Å². The first-order valence-corrected chi connectivity index (χ1v) is 7.29. The summed E-state index contributed by atoms with van der Waals surface area (Å²) in [5.41, 5.74) is 3.01. The zero-order chi connectivity index (χ0) is 13.1.